The SMILES string of the molecule is O=C(O)[C@@H]1CCCN(C(=O)C[C@@H](c2ccccc2)C(F)(F)F)C1. The molecule has 7 heteroatoms. The van der Waals surface area contributed by atoms with Crippen LogP contribution in [0.4, 0.5) is 13.2 Å². The molecule has 2 rings (SSSR count). The molecular weight excluding hydrogens is 311 g/mol. The highest BCUT2D eigenvalue weighted by Crippen LogP contribution is 2.38. The zero-order chi connectivity index (χ0) is 17.0. The smallest absolute Gasteiger partial charge is 0.396 e. The molecule has 1 N–H and O–H groups in total. The van der Waals surface area contributed by atoms with E-state index in [2.05, 4.69) is 0 Å². The zero-order valence-corrected chi connectivity index (χ0v) is 12.4. The number of carbonyl (C=O) groups excluding carboxylic acids is 1. The number of likely N-dealkylation sites (tertiary alicyclic amines) is 1. The van der Waals surface area contributed by atoms with E-state index in [9.17, 15) is 22.8 Å². The van der Waals surface area contributed by atoms with Gasteiger partial charge in [0.1, 0.15) is 0 Å². The fourth-order valence-electron chi connectivity index (χ4n) is 2.82. The van der Waals surface area contributed by atoms with E-state index >= 15 is 0 Å². The van der Waals surface area contributed by atoms with Crippen LogP contribution in [0.3, 0.4) is 0 Å². The first-order valence-corrected chi connectivity index (χ1v) is 7.41. The Bertz CT molecular complexity index is 559. The van der Waals surface area contributed by atoms with E-state index in [1.807, 2.05) is 0 Å². The summed E-state index contributed by atoms with van der Waals surface area (Å²) in [6.07, 6.45) is -4.29. The van der Waals surface area contributed by atoms with Crippen LogP contribution in [0.25, 0.3) is 0 Å². The van der Waals surface area contributed by atoms with Gasteiger partial charge in [-0.3, -0.25) is 9.59 Å². The van der Waals surface area contributed by atoms with E-state index in [1.54, 1.807) is 6.07 Å². The number of halogens is 3. The van der Waals surface area contributed by atoms with E-state index < -0.39 is 36.3 Å². The lowest BCUT2D eigenvalue weighted by atomic mass is 9.93. The van der Waals surface area contributed by atoms with Gasteiger partial charge < -0.3 is 10.0 Å². The number of carbonyl (C=O) groups is 2. The summed E-state index contributed by atoms with van der Waals surface area (Å²) < 4.78 is 39.8. The highest BCUT2D eigenvalue weighted by atomic mass is 19.4. The molecule has 1 amide bonds. The lowest BCUT2D eigenvalue weighted by Crippen LogP contribution is -2.43. The predicted molar refractivity (Wildman–Crippen MR) is 76.8 cm³/mol. The van der Waals surface area contributed by atoms with Gasteiger partial charge in [0.15, 0.2) is 0 Å². The first kappa shape index (κ1) is 17.3. The second-order valence-corrected chi connectivity index (χ2v) is 5.73. The van der Waals surface area contributed by atoms with Gasteiger partial charge in [0.25, 0.3) is 0 Å². The zero-order valence-electron chi connectivity index (χ0n) is 12.4. The third-order valence-electron chi connectivity index (χ3n) is 4.10. The summed E-state index contributed by atoms with van der Waals surface area (Å²) in [5.74, 6) is -4.24. The maximum atomic E-state index is 13.3. The van der Waals surface area contributed by atoms with E-state index in [-0.39, 0.29) is 12.1 Å². The number of carboxylic acid groups (broad SMARTS) is 1. The molecule has 1 fully saturated rings. The number of hydrogen-bond acceptors (Lipinski definition) is 2. The highest BCUT2D eigenvalue weighted by molar-refractivity contribution is 5.79. The van der Waals surface area contributed by atoms with Crippen molar-refractivity contribution in [1.29, 1.82) is 0 Å². The predicted octanol–water partition coefficient (Wildman–Crippen LogP) is 3.05. The Kier molecular flexibility index (Phi) is 5.28. The monoisotopic (exact) mass is 329 g/mol. The van der Waals surface area contributed by atoms with Crippen molar-refractivity contribution in [3.63, 3.8) is 0 Å². The third kappa shape index (κ3) is 4.46. The minimum absolute atomic E-state index is 0.0203. The second-order valence-electron chi connectivity index (χ2n) is 5.73. The summed E-state index contributed by atoms with van der Waals surface area (Å²) in [5.41, 5.74) is 0.0418. The largest absolute Gasteiger partial charge is 0.481 e. The summed E-state index contributed by atoms with van der Waals surface area (Å²) in [6.45, 7) is 0.287. The Morgan fingerprint density at radius 1 is 1.26 bits per heavy atom. The van der Waals surface area contributed by atoms with Crippen molar-refractivity contribution in [3.8, 4) is 0 Å². The van der Waals surface area contributed by atoms with Gasteiger partial charge in [0.2, 0.25) is 5.91 Å². The molecule has 1 aliphatic heterocycles. The third-order valence-corrected chi connectivity index (χ3v) is 4.10. The molecule has 0 spiro atoms. The van der Waals surface area contributed by atoms with Crippen molar-refractivity contribution in [2.45, 2.75) is 31.4 Å². The minimum atomic E-state index is -4.53. The Morgan fingerprint density at radius 3 is 2.48 bits per heavy atom. The topological polar surface area (TPSA) is 57.6 Å². The van der Waals surface area contributed by atoms with Gasteiger partial charge in [-0.05, 0) is 18.4 Å². The maximum absolute atomic E-state index is 13.3. The fraction of sp³-hybridized carbons (Fsp3) is 0.500. The second kappa shape index (κ2) is 7.02. The van der Waals surface area contributed by atoms with Crippen LogP contribution in [0.1, 0.15) is 30.7 Å². The molecule has 126 valence electrons. The number of hydrogen-bond donors (Lipinski definition) is 1. The van der Waals surface area contributed by atoms with Crippen LogP contribution in [0.5, 0.6) is 0 Å². The van der Waals surface area contributed by atoms with Gasteiger partial charge in [-0.2, -0.15) is 13.2 Å². The molecule has 0 aliphatic carbocycles. The van der Waals surface area contributed by atoms with Crippen molar-refractivity contribution < 1.29 is 27.9 Å². The first-order chi connectivity index (χ1) is 10.8. The Labute approximate surface area is 131 Å². The Hall–Kier alpha value is -2.05. The van der Waals surface area contributed by atoms with Crippen LogP contribution in [0.2, 0.25) is 0 Å². The van der Waals surface area contributed by atoms with Gasteiger partial charge in [-0.25, -0.2) is 0 Å². The maximum Gasteiger partial charge on any atom is 0.396 e. The number of nitrogens with zero attached hydrogens (tertiary/aromatic N) is 1. The summed E-state index contributed by atoms with van der Waals surface area (Å²) >= 11 is 0. The molecule has 23 heavy (non-hydrogen) atoms. The van der Waals surface area contributed by atoms with Gasteiger partial charge in [-0.15, -0.1) is 0 Å². The van der Waals surface area contributed by atoms with Crippen LogP contribution in [0, 0.1) is 5.92 Å². The van der Waals surface area contributed by atoms with Crippen molar-refractivity contribution in [2.24, 2.45) is 5.92 Å². The molecule has 1 heterocycles. The first-order valence-electron chi connectivity index (χ1n) is 7.41. The number of piperidine rings is 1. The van der Waals surface area contributed by atoms with Crippen LogP contribution >= 0.6 is 0 Å². The average molecular weight is 329 g/mol. The lowest BCUT2D eigenvalue weighted by molar-refractivity contribution is -0.162. The molecule has 0 bridgehead atoms. The molecule has 1 aromatic rings. The molecule has 0 saturated carbocycles. The molecular formula is C16H18F3NO3. The van der Waals surface area contributed by atoms with Crippen molar-refractivity contribution in [3.05, 3.63) is 35.9 Å². The molecule has 1 aromatic carbocycles. The number of carboxylic acids is 1. The summed E-state index contributed by atoms with van der Waals surface area (Å²) in [7, 11) is 0. The van der Waals surface area contributed by atoms with Crippen molar-refractivity contribution >= 4 is 11.9 Å². The number of amides is 1. The van der Waals surface area contributed by atoms with Gasteiger partial charge >= 0.3 is 12.1 Å². The fourth-order valence-corrected chi connectivity index (χ4v) is 2.82. The average Bonchev–Trinajstić information content (AvgIpc) is 2.52. The highest BCUT2D eigenvalue weighted by Gasteiger charge is 2.43. The molecule has 4 nitrogen and oxygen atoms in total. The normalized spacial score (nSPS) is 20.1. The van der Waals surface area contributed by atoms with Crippen LogP contribution < -0.4 is 0 Å². The standard InChI is InChI=1S/C16H18F3NO3/c17-16(18,19)13(11-5-2-1-3-6-11)9-14(21)20-8-4-7-12(10-20)15(22)23/h1-3,5-6,12-13H,4,7-10H2,(H,22,23)/t12-,13+/m1/s1. The van der Waals surface area contributed by atoms with E-state index in [0.29, 0.717) is 19.4 Å². The molecule has 2 atom stereocenters. The number of aliphatic carboxylic acids is 1. The van der Waals surface area contributed by atoms with E-state index in [4.69, 9.17) is 5.11 Å². The molecule has 1 saturated heterocycles. The van der Waals surface area contributed by atoms with Gasteiger partial charge in [-0.1, -0.05) is 30.3 Å². The van der Waals surface area contributed by atoms with E-state index in [0.717, 1.165) is 0 Å². The van der Waals surface area contributed by atoms with Crippen LogP contribution in [0.15, 0.2) is 30.3 Å². The lowest BCUT2D eigenvalue weighted by Gasteiger charge is -2.32. The van der Waals surface area contributed by atoms with Crippen LogP contribution in [-0.4, -0.2) is 41.1 Å². The van der Waals surface area contributed by atoms with Crippen molar-refractivity contribution in [2.75, 3.05) is 13.1 Å². The Balaban J connectivity index is 2.10. The number of rotatable bonds is 4. The molecule has 0 radical (unpaired) electrons. The summed E-state index contributed by atoms with van der Waals surface area (Å²) in [4.78, 5) is 24.5. The minimum Gasteiger partial charge on any atom is -0.481 e. The summed E-state index contributed by atoms with van der Waals surface area (Å²) in [5, 5.41) is 9.01. The molecule has 0 aromatic heterocycles. The summed E-state index contributed by atoms with van der Waals surface area (Å²) in [6, 6.07) is 7.31. The number of benzene rings is 1. The Morgan fingerprint density at radius 2 is 1.91 bits per heavy atom. The van der Waals surface area contributed by atoms with Crippen molar-refractivity contribution in [1.82, 2.24) is 4.90 Å². The number of alkyl halides is 3. The molecule has 1 aliphatic rings. The van der Waals surface area contributed by atoms with Gasteiger partial charge in [0, 0.05) is 19.5 Å². The van der Waals surface area contributed by atoms with Crippen LogP contribution in [-0.2, 0) is 9.59 Å². The quantitative estimate of drug-likeness (QED) is 0.924. The van der Waals surface area contributed by atoms with E-state index in [1.165, 1.54) is 29.2 Å². The van der Waals surface area contributed by atoms with Gasteiger partial charge in [0.05, 0.1) is 11.8 Å². The molecule has 0 unspecified atom stereocenters.